The number of thiazole rings is 1. The maximum atomic E-state index is 5.82. The summed E-state index contributed by atoms with van der Waals surface area (Å²) in [6.07, 6.45) is 4.52. The molecule has 1 saturated carbocycles. The van der Waals surface area contributed by atoms with Gasteiger partial charge in [-0.15, -0.1) is 11.3 Å². The smallest absolute Gasteiger partial charge is 0.0798 e. The number of methoxy groups -OCH3 is 1. The van der Waals surface area contributed by atoms with Crippen LogP contribution in [-0.2, 0) is 11.3 Å². The van der Waals surface area contributed by atoms with E-state index in [1.165, 1.54) is 49.5 Å². The summed E-state index contributed by atoms with van der Waals surface area (Å²) in [7, 11) is 1.90. The van der Waals surface area contributed by atoms with Crippen LogP contribution in [0, 0.1) is 18.8 Å². The Hall–Kier alpha value is -0.490. The number of rotatable bonds is 5. The predicted octanol–water partition coefficient (Wildman–Crippen LogP) is 2.38. The van der Waals surface area contributed by atoms with Crippen molar-refractivity contribution in [1.82, 2.24) is 14.8 Å². The van der Waals surface area contributed by atoms with Gasteiger partial charge < -0.3 is 9.64 Å². The number of nitrogens with zero attached hydrogens (tertiary/aromatic N) is 3. The molecule has 1 aromatic rings. The third-order valence-corrected chi connectivity index (χ3v) is 6.68. The van der Waals surface area contributed by atoms with Crippen LogP contribution >= 0.6 is 11.3 Å². The van der Waals surface area contributed by atoms with Gasteiger partial charge in [-0.3, -0.25) is 4.90 Å². The van der Waals surface area contributed by atoms with Crippen LogP contribution < -0.4 is 0 Å². The van der Waals surface area contributed by atoms with Gasteiger partial charge in [-0.1, -0.05) is 0 Å². The van der Waals surface area contributed by atoms with Gasteiger partial charge in [-0.05, 0) is 32.1 Å². The van der Waals surface area contributed by atoms with Gasteiger partial charge in [0.1, 0.15) is 0 Å². The molecule has 122 valence electrons. The Bertz CT molecular complexity index is 516. The second-order valence-corrected chi connectivity index (χ2v) is 8.23. The van der Waals surface area contributed by atoms with Crippen LogP contribution in [-0.4, -0.2) is 60.2 Å². The number of aryl methyl sites for hydroxylation is 1. The highest BCUT2D eigenvalue weighted by molar-refractivity contribution is 7.09. The third-order valence-electron chi connectivity index (χ3n) is 5.76. The Balaban J connectivity index is 1.47. The van der Waals surface area contributed by atoms with Crippen LogP contribution in [0.3, 0.4) is 0 Å². The van der Waals surface area contributed by atoms with Gasteiger partial charge in [-0.25, -0.2) is 4.98 Å². The molecule has 1 aliphatic carbocycles. The Kier molecular flexibility index (Phi) is 4.24. The van der Waals surface area contributed by atoms with Gasteiger partial charge >= 0.3 is 0 Å². The highest BCUT2D eigenvalue weighted by Gasteiger charge is 2.45. The van der Waals surface area contributed by atoms with Crippen molar-refractivity contribution in [3.05, 3.63) is 16.1 Å². The van der Waals surface area contributed by atoms with E-state index in [1.54, 1.807) is 0 Å². The number of piperidine rings is 1. The number of hydrogen-bond acceptors (Lipinski definition) is 5. The molecule has 5 heteroatoms. The summed E-state index contributed by atoms with van der Waals surface area (Å²) in [6.45, 7) is 8.16. The van der Waals surface area contributed by atoms with Crippen molar-refractivity contribution >= 4 is 11.3 Å². The molecule has 0 spiro atoms. The minimum atomic E-state index is 0.452. The van der Waals surface area contributed by atoms with Crippen molar-refractivity contribution in [2.45, 2.75) is 44.9 Å². The maximum absolute atomic E-state index is 5.82. The molecular formula is C17H27N3OS. The summed E-state index contributed by atoms with van der Waals surface area (Å²) in [5.74, 6) is 1.67. The molecule has 1 aromatic heterocycles. The Morgan fingerprint density at radius 2 is 2.18 bits per heavy atom. The predicted molar refractivity (Wildman–Crippen MR) is 89.1 cm³/mol. The van der Waals surface area contributed by atoms with E-state index in [9.17, 15) is 0 Å². The summed E-state index contributed by atoms with van der Waals surface area (Å²) >= 11 is 1.81. The van der Waals surface area contributed by atoms with Crippen LogP contribution in [0.5, 0.6) is 0 Å². The Morgan fingerprint density at radius 3 is 2.86 bits per heavy atom. The van der Waals surface area contributed by atoms with Crippen molar-refractivity contribution in [3.63, 3.8) is 0 Å². The molecule has 3 fully saturated rings. The molecule has 0 N–H and O–H groups in total. The fourth-order valence-corrected chi connectivity index (χ4v) is 5.09. The lowest BCUT2D eigenvalue weighted by molar-refractivity contribution is -0.0242. The fraction of sp³-hybridized carbons (Fsp3) is 0.824. The Labute approximate surface area is 137 Å². The minimum Gasteiger partial charge on any atom is -0.381 e. The number of hydrogen-bond donors (Lipinski definition) is 0. The summed E-state index contributed by atoms with van der Waals surface area (Å²) in [6, 6.07) is 0.666. The normalized spacial score (nSPS) is 33.3. The van der Waals surface area contributed by atoms with Crippen LogP contribution in [0.25, 0.3) is 0 Å². The first-order chi connectivity index (χ1) is 10.7. The number of aromatic nitrogens is 1. The van der Waals surface area contributed by atoms with Crippen LogP contribution in [0.2, 0.25) is 0 Å². The van der Waals surface area contributed by atoms with Crippen molar-refractivity contribution in [2.75, 3.05) is 33.3 Å². The zero-order valence-electron chi connectivity index (χ0n) is 13.7. The molecule has 0 amide bonds. The standard InChI is InChI=1S/C17H27N3OS/c1-12-17(22-11-18-12)10-20-6-5-16(21-2)14-8-19(9-15(14)20)7-13-3-4-13/h11,13-16H,3-10H2,1-2H3/t14-,15+,16-/m0/s1. The van der Waals surface area contributed by atoms with Crippen molar-refractivity contribution in [3.8, 4) is 0 Å². The molecule has 0 radical (unpaired) electrons. The molecule has 4 nitrogen and oxygen atoms in total. The molecule has 0 aromatic carbocycles. The highest BCUT2D eigenvalue weighted by Crippen LogP contribution is 2.37. The average Bonchev–Trinajstić information content (AvgIpc) is 3.07. The highest BCUT2D eigenvalue weighted by atomic mass is 32.1. The molecule has 0 unspecified atom stereocenters. The molecular weight excluding hydrogens is 294 g/mol. The fourth-order valence-electron chi connectivity index (χ4n) is 4.28. The SMILES string of the molecule is CO[C@H]1CCN(Cc2scnc2C)[C@@H]2CN(CC3CC3)C[C@H]12. The average molecular weight is 321 g/mol. The van der Waals surface area contributed by atoms with E-state index >= 15 is 0 Å². The zero-order valence-corrected chi connectivity index (χ0v) is 14.5. The van der Waals surface area contributed by atoms with Gasteiger partial charge in [0.15, 0.2) is 0 Å². The quantitative estimate of drug-likeness (QED) is 0.832. The second-order valence-electron chi connectivity index (χ2n) is 7.29. The van der Waals surface area contributed by atoms with Crippen LogP contribution in [0.1, 0.15) is 29.8 Å². The minimum absolute atomic E-state index is 0.452. The van der Waals surface area contributed by atoms with Gasteiger partial charge in [0.2, 0.25) is 0 Å². The second kappa shape index (κ2) is 6.19. The molecule has 3 aliphatic rings. The summed E-state index contributed by atoms with van der Waals surface area (Å²) in [5.41, 5.74) is 3.20. The topological polar surface area (TPSA) is 28.6 Å². The van der Waals surface area contributed by atoms with E-state index in [0.717, 1.165) is 19.0 Å². The molecule has 2 saturated heterocycles. The van der Waals surface area contributed by atoms with Crippen LogP contribution in [0.4, 0.5) is 0 Å². The van der Waals surface area contributed by atoms with Crippen LogP contribution in [0.15, 0.2) is 5.51 Å². The number of fused-ring (bicyclic) bond motifs is 1. The number of ether oxygens (including phenoxy) is 1. The molecule has 22 heavy (non-hydrogen) atoms. The van der Waals surface area contributed by atoms with Gasteiger partial charge in [-0.2, -0.15) is 0 Å². The number of likely N-dealkylation sites (tertiary alicyclic amines) is 2. The monoisotopic (exact) mass is 321 g/mol. The molecule has 2 aliphatic heterocycles. The molecule has 0 bridgehead atoms. The third kappa shape index (κ3) is 2.96. The van der Waals surface area contributed by atoms with E-state index in [4.69, 9.17) is 4.74 Å². The summed E-state index contributed by atoms with van der Waals surface area (Å²) in [4.78, 5) is 11.3. The molecule has 3 atom stereocenters. The van der Waals surface area contributed by atoms with Gasteiger partial charge in [0.05, 0.1) is 17.3 Å². The van der Waals surface area contributed by atoms with E-state index in [-0.39, 0.29) is 0 Å². The lowest BCUT2D eigenvalue weighted by Gasteiger charge is -2.41. The maximum Gasteiger partial charge on any atom is 0.0798 e. The molecule has 4 rings (SSSR count). The van der Waals surface area contributed by atoms with E-state index < -0.39 is 0 Å². The van der Waals surface area contributed by atoms with E-state index in [0.29, 0.717) is 18.1 Å². The largest absolute Gasteiger partial charge is 0.381 e. The van der Waals surface area contributed by atoms with E-state index in [1.807, 2.05) is 24.0 Å². The Morgan fingerprint density at radius 1 is 1.32 bits per heavy atom. The van der Waals surface area contributed by atoms with Crippen molar-refractivity contribution in [1.29, 1.82) is 0 Å². The lowest BCUT2D eigenvalue weighted by atomic mass is 9.89. The first kappa shape index (κ1) is 15.1. The van der Waals surface area contributed by atoms with Gasteiger partial charge in [0.25, 0.3) is 0 Å². The van der Waals surface area contributed by atoms with Gasteiger partial charge in [0, 0.05) is 56.7 Å². The zero-order chi connectivity index (χ0) is 15.1. The van der Waals surface area contributed by atoms with Crippen molar-refractivity contribution < 1.29 is 4.74 Å². The lowest BCUT2D eigenvalue weighted by Crippen LogP contribution is -2.50. The molecule has 3 heterocycles. The van der Waals surface area contributed by atoms with Crippen molar-refractivity contribution in [2.24, 2.45) is 11.8 Å². The first-order valence-corrected chi connectivity index (χ1v) is 9.50. The summed E-state index contributed by atoms with van der Waals surface area (Å²) < 4.78 is 5.82. The summed E-state index contributed by atoms with van der Waals surface area (Å²) in [5, 5.41) is 0. The van der Waals surface area contributed by atoms with E-state index in [2.05, 4.69) is 21.7 Å². The first-order valence-electron chi connectivity index (χ1n) is 8.62.